The number of rotatable bonds is 3. The van der Waals surface area contributed by atoms with Crippen LogP contribution in [0.4, 0.5) is 0 Å². The lowest BCUT2D eigenvalue weighted by Crippen LogP contribution is -2.47. The molecule has 20 heavy (non-hydrogen) atoms. The number of carbonyl (C=O) groups is 2. The van der Waals surface area contributed by atoms with Gasteiger partial charge in [-0.15, -0.1) is 0 Å². The number of fused-ring (bicyclic) bond motifs is 2. The van der Waals surface area contributed by atoms with Gasteiger partial charge in [-0.05, 0) is 43.2 Å². The fourth-order valence-electron chi connectivity index (χ4n) is 3.71. The molecule has 4 atom stereocenters. The Labute approximate surface area is 117 Å². The second-order valence-corrected chi connectivity index (χ2v) is 5.62. The van der Waals surface area contributed by atoms with Crippen LogP contribution in [0, 0.1) is 17.8 Å². The first-order valence-electron chi connectivity index (χ1n) is 6.99. The van der Waals surface area contributed by atoms with Crippen LogP contribution in [-0.4, -0.2) is 30.0 Å². The maximum atomic E-state index is 12.2. The number of nitrogens with one attached hydrogen (secondary N) is 1. The number of amides is 1. The molecule has 106 valence electrons. The second kappa shape index (κ2) is 5.23. The maximum absolute atomic E-state index is 12.2. The molecule has 1 N–H and O–H groups in total. The molecule has 2 saturated carbocycles. The molecule has 3 rings (SSSR count). The Morgan fingerprint density at radius 1 is 1.35 bits per heavy atom. The van der Waals surface area contributed by atoms with Gasteiger partial charge in [-0.2, -0.15) is 0 Å². The van der Waals surface area contributed by atoms with E-state index in [1.54, 1.807) is 18.3 Å². The zero-order valence-corrected chi connectivity index (χ0v) is 11.4. The standard InChI is InChI=1S/C15H18N2O3/c1-20-15(19)12-9-4-5-10(7-9)13(12)17-14(18)11-3-2-6-16-8-11/h2-3,6,8-10,12-13H,4-5,7H2,1H3,(H,17,18)/t9-,10-,12-,13+/m0/s1. The van der Waals surface area contributed by atoms with Crippen molar-refractivity contribution in [3.63, 3.8) is 0 Å². The molecule has 0 spiro atoms. The molecule has 1 amide bonds. The van der Waals surface area contributed by atoms with Crippen LogP contribution >= 0.6 is 0 Å². The molecule has 0 aromatic carbocycles. The van der Waals surface area contributed by atoms with E-state index in [9.17, 15) is 9.59 Å². The second-order valence-electron chi connectivity index (χ2n) is 5.62. The Morgan fingerprint density at radius 2 is 2.15 bits per heavy atom. The quantitative estimate of drug-likeness (QED) is 0.846. The van der Waals surface area contributed by atoms with Gasteiger partial charge >= 0.3 is 5.97 Å². The van der Waals surface area contributed by atoms with Gasteiger partial charge in [0.2, 0.25) is 0 Å². The van der Waals surface area contributed by atoms with Crippen molar-refractivity contribution >= 4 is 11.9 Å². The monoisotopic (exact) mass is 274 g/mol. The summed E-state index contributed by atoms with van der Waals surface area (Å²) < 4.78 is 4.90. The van der Waals surface area contributed by atoms with Gasteiger partial charge in [-0.3, -0.25) is 14.6 Å². The Kier molecular flexibility index (Phi) is 3.42. The van der Waals surface area contributed by atoms with Crippen LogP contribution in [0.3, 0.4) is 0 Å². The number of pyridine rings is 1. The first kappa shape index (κ1) is 13.1. The molecule has 2 bridgehead atoms. The molecule has 2 aliphatic carbocycles. The summed E-state index contributed by atoms with van der Waals surface area (Å²) in [7, 11) is 1.41. The summed E-state index contributed by atoms with van der Waals surface area (Å²) in [5, 5.41) is 3.01. The van der Waals surface area contributed by atoms with Crippen molar-refractivity contribution < 1.29 is 14.3 Å². The molecule has 0 aliphatic heterocycles. The lowest BCUT2D eigenvalue weighted by atomic mass is 9.84. The lowest BCUT2D eigenvalue weighted by Gasteiger charge is -2.29. The van der Waals surface area contributed by atoms with Gasteiger partial charge in [0, 0.05) is 18.4 Å². The normalized spacial score (nSPS) is 31.1. The average Bonchev–Trinajstić information content (AvgIpc) is 3.08. The summed E-state index contributed by atoms with van der Waals surface area (Å²) >= 11 is 0. The highest BCUT2D eigenvalue weighted by atomic mass is 16.5. The predicted molar refractivity (Wildman–Crippen MR) is 71.8 cm³/mol. The largest absolute Gasteiger partial charge is 0.469 e. The van der Waals surface area contributed by atoms with Gasteiger partial charge in [0.15, 0.2) is 0 Å². The minimum absolute atomic E-state index is 0.103. The van der Waals surface area contributed by atoms with Gasteiger partial charge in [0.05, 0.1) is 18.6 Å². The van der Waals surface area contributed by atoms with E-state index in [-0.39, 0.29) is 23.8 Å². The molecule has 5 nitrogen and oxygen atoms in total. The molecule has 0 saturated heterocycles. The van der Waals surface area contributed by atoms with Crippen molar-refractivity contribution in [3.8, 4) is 0 Å². The minimum atomic E-state index is -0.200. The highest BCUT2D eigenvalue weighted by Gasteiger charge is 2.52. The molecule has 5 heteroatoms. The fraction of sp³-hybridized carbons (Fsp3) is 0.533. The molecule has 1 aromatic heterocycles. The topological polar surface area (TPSA) is 68.3 Å². The maximum Gasteiger partial charge on any atom is 0.311 e. The number of hydrogen-bond donors (Lipinski definition) is 1. The third-order valence-electron chi connectivity index (χ3n) is 4.61. The van der Waals surface area contributed by atoms with Gasteiger partial charge < -0.3 is 10.1 Å². The van der Waals surface area contributed by atoms with Crippen LogP contribution in [0.25, 0.3) is 0 Å². The molecule has 1 aromatic rings. The van der Waals surface area contributed by atoms with Crippen LogP contribution < -0.4 is 5.32 Å². The van der Waals surface area contributed by atoms with Crippen molar-refractivity contribution in [2.24, 2.45) is 17.8 Å². The van der Waals surface area contributed by atoms with Crippen molar-refractivity contribution in [2.45, 2.75) is 25.3 Å². The summed E-state index contributed by atoms with van der Waals surface area (Å²) in [5.74, 6) is 0.189. The molecule has 2 aliphatic rings. The van der Waals surface area contributed by atoms with Crippen LogP contribution in [0.2, 0.25) is 0 Å². The number of methoxy groups -OCH3 is 1. The Morgan fingerprint density at radius 3 is 2.85 bits per heavy atom. The fourth-order valence-corrected chi connectivity index (χ4v) is 3.71. The van der Waals surface area contributed by atoms with E-state index in [0.717, 1.165) is 19.3 Å². The van der Waals surface area contributed by atoms with Gasteiger partial charge in [0.1, 0.15) is 0 Å². The van der Waals surface area contributed by atoms with E-state index in [1.165, 1.54) is 13.3 Å². The van der Waals surface area contributed by atoms with E-state index in [4.69, 9.17) is 4.74 Å². The molecule has 2 fully saturated rings. The summed E-state index contributed by atoms with van der Waals surface area (Å²) in [6.07, 6.45) is 6.32. The smallest absolute Gasteiger partial charge is 0.311 e. The van der Waals surface area contributed by atoms with Gasteiger partial charge in [-0.1, -0.05) is 0 Å². The molecule has 1 heterocycles. The summed E-state index contributed by atoms with van der Waals surface area (Å²) in [6.45, 7) is 0. The van der Waals surface area contributed by atoms with E-state index >= 15 is 0 Å². The zero-order valence-electron chi connectivity index (χ0n) is 11.4. The number of ether oxygens (including phenoxy) is 1. The van der Waals surface area contributed by atoms with E-state index in [0.29, 0.717) is 17.4 Å². The molecular weight excluding hydrogens is 256 g/mol. The van der Waals surface area contributed by atoms with Crippen molar-refractivity contribution in [1.82, 2.24) is 10.3 Å². The first-order chi connectivity index (χ1) is 9.70. The highest BCUT2D eigenvalue weighted by molar-refractivity contribution is 5.94. The van der Waals surface area contributed by atoms with Crippen molar-refractivity contribution in [2.75, 3.05) is 7.11 Å². The predicted octanol–water partition coefficient (Wildman–Crippen LogP) is 1.40. The average molecular weight is 274 g/mol. The molecule has 0 unspecified atom stereocenters. The molecular formula is C15H18N2O3. The van der Waals surface area contributed by atoms with E-state index in [1.807, 2.05) is 0 Å². The zero-order chi connectivity index (χ0) is 14.1. The van der Waals surface area contributed by atoms with E-state index in [2.05, 4.69) is 10.3 Å². The molecule has 0 radical (unpaired) electrons. The Bertz CT molecular complexity index is 517. The van der Waals surface area contributed by atoms with Gasteiger partial charge in [-0.25, -0.2) is 0 Å². The Hall–Kier alpha value is -1.91. The van der Waals surface area contributed by atoms with Crippen molar-refractivity contribution in [1.29, 1.82) is 0 Å². The summed E-state index contributed by atoms with van der Waals surface area (Å²) in [4.78, 5) is 28.1. The highest BCUT2D eigenvalue weighted by Crippen LogP contribution is 2.48. The summed E-state index contributed by atoms with van der Waals surface area (Å²) in [6, 6.07) is 3.35. The lowest BCUT2D eigenvalue weighted by molar-refractivity contribution is -0.148. The number of nitrogens with zero attached hydrogens (tertiary/aromatic N) is 1. The number of aromatic nitrogens is 1. The SMILES string of the molecule is COC(=O)[C@H]1[C@H]2CC[C@@H](C2)[C@H]1NC(=O)c1cccnc1. The van der Waals surface area contributed by atoms with Gasteiger partial charge in [0.25, 0.3) is 5.91 Å². The van der Waals surface area contributed by atoms with Crippen molar-refractivity contribution in [3.05, 3.63) is 30.1 Å². The van der Waals surface area contributed by atoms with Crippen LogP contribution in [0.15, 0.2) is 24.5 Å². The number of carbonyl (C=O) groups excluding carboxylic acids is 2. The Balaban J connectivity index is 1.75. The first-order valence-corrected chi connectivity index (χ1v) is 6.99. The third kappa shape index (κ3) is 2.17. The third-order valence-corrected chi connectivity index (χ3v) is 4.61. The van der Waals surface area contributed by atoms with E-state index < -0.39 is 0 Å². The number of hydrogen-bond acceptors (Lipinski definition) is 4. The minimum Gasteiger partial charge on any atom is -0.469 e. The van der Waals surface area contributed by atoms with Crippen LogP contribution in [0.1, 0.15) is 29.6 Å². The summed E-state index contributed by atoms with van der Waals surface area (Å²) in [5.41, 5.74) is 0.527. The van der Waals surface area contributed by atoms with Crippen LogP contribution in [0.5, 0.6) is 0 Å². The van der Waals surface area contributed by atoms with Crippen LogP contribution in [-0.2, 0) is 9.53 Å². The number of esters is 1.